The molecular weight excluding hydrogens is 383 g/mol. The molecule has 0 aromatic heterocycles. The number of hydrogen-bond donors (Lipinski definition) is 1. The number of aliphatic hydroxyl groups is 1. The molecule has 0 aromatic carbocycles. The second-order valence-electron chi connectivity index (χ2n) is 5.63. The molecule has 14 heteroatoms. The van der Waals surface area contributed by atoms with Crippen molar-refractivity contribution in [1.29, 1.82) is 0 Å². The normalized spacial score (nSPS) is 47.2. The van der Waals surface area contributed by atoms with Crippen molar-refractivity contribution in [1.82, 2.24) is 0 Å². The average molecular weight is 388 g/mol. The minimum absolute atomic E-state index is 3.69. The van der Waals surface area contributed by atoms with E-state index < -0.39 is 59.6 Å². The Bertz CT molecular complexity index is 573. The van der Waals surface area contributed by atoms with Crippen LogP contribution in [0.5, 0.6) is 0 Å². The fraction of sp³-hybridized carbons (Fsp3) is 1.00. The van der Waals surface area contributed by atoms with Gasteiger partial charge in [-0.3, -0.25) is 0 Å². The van der Waals surface area contributed by atoms with Gasteiger partial charge in [-0.25, -0.2) is 13.2 Å². The zero-order chi connectivity index (χ0) is 19.4. The minimum atomic E-state index is -7.35. The lowest BCUT2D eigenvalue weighted by atomic mass is 9.53. The lowest BCUT2D eigenvalue weighted by Gasteiger charge is -2.63. The summed E-state index contributed by atoms with van der Waals surface area (Å²) in [6, 6.07) is 0. The second kappa shape index (κ2) is 4.06. The predicted octanol–water partition coefficient (Wildman–Crippen LogP) is 3.70. The van der Waals surface area contributed by atoms with Gasteiger partial charge in [-0.15, -0.1) is 0 Å². The van der Waals surface area contributed by atoms with Gasteiger partial charge in [0.2, 0.25) is 5.60 Å². The molecule has 0 aromatic rings. The largest absolute Gasteiger partial charge is 0.378 e. The van der Waals surface area contributed by atoms with Crippen LogP contribution >= 0.6 is 0 Å². The zero-order valence-corrected chi connectivity index (χ0v) is 10.8. The van der Waals surface area contributed by atoms with Gasteiger partial charge >= 0.3 is 35.3 Å². The second-order valence-corrected chi connectivity index (χ2v) is 5.63. The summed E-state index contributed by atoms with van der Waals surface area (Å²) in [6.45, 7) is -3.72. The van der Waals surface area contributed by atoms with E-state index in [1.54, 1.807) is 0 Å². The highest BCUT2D eigenvalue weighted by molar-refractivity contribution is 5.39. The van der Waals surface area contributed by atoms with Crippen molar-refractivity contribution in [2.24, 2.45) is 0 Å². The highest BCUT2D eigenvalue weighted by Crippen LogP contribution is 2.76. The zero-order valence-electron chi connectivity index (χ0n) is 10.8. The van der Waals surface area contributed by atoms with Gasteiger partial charge in [-0.2, -0.15) is 43.9 Å². The fourth-order valence-corrected chi connectivity index (χ4v) is 2.95. The summed E-state index contributed by atoms with van der Waals surface area (Å²) in [7, 11) is 0. The first-order chi connectivity index (χ1) is 10.3. The van der Waals surface area contributed by atoms with E-state index >= 15 is 0 Å². The van der Waals surface area contributed by atoms with E-state index in [0.717, 1.165) is 0 Å². The van der Waals surface area contributed by atoms with E-state index in [9.17, 15) is 57.1 Å². The Hall–Kier alpha value is -0.950. The molecule has 2 bridgehead atoms. The maximum atomic E-state index is 14.1. The Morgan fingerprint density at radius 1 is 0.625 bits per heavy atom. The van der Waals surface area contributed by atoms with E-state index in [4.69, 9.17) is 5.11 Å². The van der Waals surface area contributed by atoms with Crippen LogP contribution in [-0.4, -0.2) is 58.3 Å². The Kier molecular flexibility index (Phi) is 3.28. The van der Waals surface area contributed by atoms with Gasteiger partial charge < -0.3 is 5.11 Å². The summed E-state index contributed by atoms with van der Waals surface area (Å²) in [6.07, 6.45) is -3.69. The number of rotatable bonds is 1. The van der Waals surface area contributed by atoms with Crippen LogP contribution in [0.4, 0.5) is 57.1 Å². The highest BCUT2D eigenvalue weighted by atomic mass is 19.3. The lowest BCUT2D eigenvalue weighted by Crippen LogP contribution is -2.95. The highest BCUT2D eigenvalue weighted by Gasteiger charge is 3.07. The molecule has 3 atom stereocenters. The maximum Gasteiger partial charge on any atom is 0.355 e. The first kappa shape index (κ1) is 19.4. The minimum Gasteiger partial charge on any atom is -0.378 e. The van der Waals surface area contributed by atoms with Crippen LogP contribution in [0.3, 0.4) is 0 Å². The molecule has 2 saturated carbocycles. The summed E-state index contributed by atoms with van der Waals surface area (Å²) in [5, 5.41) is 9.10. The number of fused-ring (bicyclic) bond motifs is 2. The van der Waals surface area contributed by atoms with Crippen LogP contribution in [-0.2, 0) is 0 Å². The molecule has 142 valence electrons. The molecule has 24 heavy (non-hydrogen) atoms. The van der Waals surface area contributed by atoms with E-state index in [0.29, 0.717) is 0 Å². The van der Waals surface area contributed by atoms with Crippen molar-refractivity contribution in [3.63, 3.8) is 0 Å². The molecule has 2 fully saturated rings. The first-order valence-electron chi connectivity index (χ1n) is 5.82. The van der Waals surface area contributed by atoms with Gasteiger partial charge in [-0.1, -0.05) is 0 Å². The summed E-state index contributed by atoms with van der Waals surface area (Å²) in [4.78, 5) is 0. The third kappa shape index (κ3) is 1.32. The Balaban J connectivity index is 3.04. The molecule has 0 aliphatic heterocycles. The Morgan fingerprint density at radius 2 is 1.04 bits per heavy atom. The van der Waals surface area contributed by atoms with E-state index in [2.05, 4.69) is 0 Å². The van der Waals surface area contributed by atoms with E-state index in [1.807, 2.05) is 0 Å². The van der Waals surface area contributed by atoms with Crippen molar-refractivity contribution >= 4 is 0 Å². The van der Waals surface area contributed by atoms with Crippen molar-refractivity contribution in [2.75, 3.05) is 6.67 Å². The summed E-state index contributed by atoms with van der Waals surface area (Å²) in [5.74, 6) is -34.5. The first-order valence-corrected chi connectivity index (χ1v) is 5.82. The molecule has 2 aliphatic rings. The van der Waals surface area contributed by atoms with Gasteiger partial charge in [0.25, 0.3) is 5.67 Å². The van der Waals surface area contributed by atoms with Gasteiger partial charge in [0.15, 0.2) is 0 Å². The molecule has 0 heterocycles. The van der Waals surface area contributed by atoms with E-state index in [-0.39, 0.29) is 0 Å². The van der Waals surface area contributed by atoms with Gasteiger partial charge in [-0.05, 0) is 0 Å². The van der Waals surface area contributed by atoms with Crippen molar-refractivity contribution < 1.29 is 62.2 Å². The number of hydrogen-bond acceptors (Lipinski definition) is 1. The van der Waals surface area contributed by atoms with Crippen molar-refractivity contribution in [3.05, 3.63) is 0 Å². The Morgan fingerprint density at radius 3 is 1.42 bits per heavy atom. The number of halogens is 13. The molecule has 2 rings (SSSR count). The SMILES string of the molecule is OC12CC(F)(F)C(F)(F)C(F)(C1(F)F)C(F)(F)C(F)(CF)C2(F)F. The molecule has 1 N–H and O–H groups in total. The summed E-state index contributed by atoms with van der Waals surface area (Å²) in [5.41, 5.74) is -19.8. The average Bonchev–Trinajstić information content (AvgIpc) is 2.41. The molecule has 2 aliphatic carbocycles. The quantitative estimate of drug-likeness (QED) is 0.680. The lowest BCUT2D eigenvalue weighted by molar-refractivity contribution is -0.518. The van der Waals surface area contributed by atoms with Crippen molar-refractivity contribution in [2.45, 2.75) is 53.0 Å². The van der Waals surface area contributed by atoms with Crippen LogP contribution < -0.4 is 0 Å². The monoisotopic (exact) mass is 388 g/mol. The van der Waals surface area contributed by atoms with Crippen LogP contribution in [0.2, 0.25) is 0 Å². The van der Waals surface area contributed by atoms with Crippen LogP contribution in [0.25, 0.3) is 0 Å². The Labute approximate surface area is 123 Å². The molecule has 0 spiro atoms. The summed E-state index contributed by atoms with van der Waals surface area (Å²) >= 11 is 0. The van der Waals surface area contributed by atoms with Gasteiger partial charge in [0.1, 0.15) is 6.67 Å². The van der Waals surface area contributed by atoms with Gasteiger partial charge in [0, 0.05) is 0 Å². The molecule has 0 amide bonds. The van der Waals surface area contributed by atoms with Gasteiger partial charge in [0.05, 0.1) is 6.42 Å². The fourth-order valence-electron chi connectivity index (χ4n) is 2.95. The van der Waals surface area contributed by atoms with E-state index in [1.165, 1.54) is 0 Å². The molecule has 1 nitrogen and oxygen atoms in total. The third-order valence-corrected chi connectivity index (χ3v) is 4.45. The molecule has 3 unspecified atom stereocenters. The number of alkyl halides is 13. The molecule has 0 saturated heterocycles. The summed E-state index contributed by atoms with van der Waals surface area (Å²) < 4.78 is 176. The predicted molar refractivity (Wildman–Crippen MR) is 48.0 cm³/mol. The standard InChI is InChI=1S/C10H5F13O/c11-2-3(12)7(16,17)4(24)1-5(13,14)10(22,23)6(15,8(3,18)19)9(4,20)21/h24H,1-2H2. The van der Waals surface area contributed by atoms with Crippen LogP contribution in [0, 0.1) is 0 Å². The van der Waals surface area contributed by atoms with Crippen LogP contribution in [0.1, 0.15) is 6.42 Å². The maximum absolute atomic E-state index is 14.1. The van der Waals surface area contributed by atoms with Crippen LogP contribution in [0.15, 0.2) is 0 Å². The van der Waals surface area contributed by atoms with Crippen molar-refractivity contribution in [3.8, 4) is 0 Å². The smallest absolute Gasteiger partial charge is 0.355 e. The third-order valence-electron chi connectivity index (χ3n) is 4.45. The molecule has 0 radical (unpaired) electrons. The topological polar surface area (TPSA) is 20.2 Å². The molecular formula is C10H5F13O.